The van der Waals surface area contributed by atoms with Crippen molar-refractivity contribution >= 4 is 50.5 Å². The van der Waals surface area contributed by atoms with Crippen molar-refractivity contribution in [1.29, 1.82) is 0 Å². The highest BCUT2D eigenvalue weighted by atomic mass is 16.7. The van der Waals surface area contributed by atoms with Crippen LogP contribution in [0.4, 0.5) is 9.59 Å². The number of rotatable bonds is 17. The van der Waals surface area contributed by atoms with Gasteiger partial charge in [0.2, 0.25) is 11.8 Å². The molecule has 0 radical (unpaired) electrons. The van der Waals surface area contributed by atoms with E-state index < -0.39 is 36.5 Å². The number of alkyl carbamates (subject to hydrolysis) is 1. The van der Waals surface area contributed by atoms with Crippen molar-refractivity contribution in [3.05, 3.63) is 0 Å². The molecule has 8 N–H and O–H groups in total. The molecule has 0 aromatic carbocycles. The molecule has 22 heteroatoms. The number of nitrogens with zero attached hydrogens (tertiary/aromatic N) is 1. The van der Waals surface area contributed by atoms with Gasteiger partial charge in [-0.3, -0.25) is 9.59 Å². The van der Waals surface area contributed by atoms with Gasteiger partial charge in [0, 0.05) is 37.6 Å². The predicted molar refractivity (Wildman–Crippen MR) is 278 cm³/mol. The Kier molecular flexibility index (Phi) is 29.0. The van der Waals surface area contributed by atoms with Crippen molar-refractivity contribution in [2.24, 2.45) is 46.7 Å². The molecule has 6 fully saturated rings. The van der Waals surface area contributed by atoms with E-state index in [2.05, 4.69) is 42.0 Å². The summed E-state index contributed by atoms with van der Waals surface area (Å²) in [5, 5.41) is 30.0. The van der Waals surface area contributed by atoms with E-state index in [1.165, 1.54) is 6.42 Å². The van der Waals surface area contributed by atoms with E-state index in [-0.39, 0.29) is 93.8 Å². The van der Waals surface area contributed by atoms with Gasteiger partial charge in [-0.25, -0.2) is 9.59 Å². The summed E-state index contributed by atoms with van der Waals surface area (Å²) in [6.45, 7) is 30.0. The maximum atomic E-state index is 13.7. The van der Waals surface area contributed by atoms with Gasteiger partial charge in [0.1, 0.15) is 17.2 Å². The molecule has 3 saturated heterocycles. The number of ether oxygens (including phenoxy) is 2. The van der Waals surface area contributed by atoms with Crippen molar-refractivity contribution in [3.63, 3.8) is 0 Å². The molecule has 0 spiro atoms. The summed E-state index contributed by atoms with van der Waals surface area (Å²) >= 11 is 0. The lowest BCUT2D eigenvalue weighted by atomic mass is 9.45. The molecular weight excluding hydrogens is 942 g/mol. The van der Waals surface area contributed by atoms with E-state index in [1.54, 1.807) is 25.7 Å². The largest absolute Gasteiger partial charge is 0.457 e. The molecule has 11 atom stereocenters. The standard InChI is InChI=1S/C34H60BN3O7.C13H28BN3O3.2CO2.2CH4/c1-20(2)16-25(37-29(40)42-31(4,5)6)28(39)36-26-19-38(30(41)43-32(7,8)9)21(3)23(26)14-13-15-35-44-27-24-17-22(33(24,10)11)18-34(27,12)45-35;1-9(2)6-11(15)13(18)17-12-8-16-7-10(12)4-3-5-14(19)20;2*2-1-3;;/h20-27H,13-19H2,1-12H3,(H,36,39)(H,37,40);9-12,16,19-20H,3-8,15H2,1-2H3,(H,17,18);;;2*1H4/t21-,22-,23+,24+,25+,26+,27-,34+;10-,11-,12-;;;;/m10..../s1. The lowest BCUT2D eigenvalue weighted by Gasteiger charge is -2.63. The van der Waals surface area contributed by atoms with Gasteiger partial charge in [0.15, 0.2) is 0 Å². The number of nitrogens with two attached hydrogens (primary N) is 1. The van der Waals surface area contributed by atoms with Gasteiger partial charge in [0.05, 0.1) is 23.8 Å². The molecule has 0 aromatic heterocycles. The van der Waals surface area contributed by atoms with Gasteiger partial charge in [-0.15, -0.1) is 0 Å². The van der Waals surface area contributed by atoms with Gasteiger partial charge in [-0.2, -0.15) is 19.2 Å². The Morgan fingerprint density at radius 3 is 1.95 bits per heavy atom. The average molecular weight is 1040 g/mol. The highest BCUT2D eigenvalue weighted by Gasteiger charge is 2.66. The summed E-state index contributed by atoms with van der Waals surface area (Å²) in [4.78, 5) is 85.8. The minimum Gasteiger partial charge on any atom is -0.444 e. The van der Waals surface area contributed by atoms with E-state index in [0.717, 1.165) is 51.5 Å². The Labute approximate surface area is 437 Å². The van der Waals surface area contributed by atoms with Gasteiger partial charge in [0.25, 0.3) is 0 Å². The summed E-state index contributed by atoms with van der Waals surface area (Å²) in [7, 11) is -1.48. The minimum atomic E-state index is -1.24. The molecule has 6 aliphatic rings. The topological polar surface area (TPSA) is 291 Å². The molecule has 3 heterocycles. The van der Waals surface area contributed by atoms with E-state index in [0.29, 0.717) is 54.8 Å². The van der Waals surface area contributed by atoms with Crippen LogP contribution >= 0.6 is 0 Å². The number of carbonyl (C=O) groups is 4. The molecule has 3 saturated carbocycles. The third kappa shape index (κ3) is 22.1. The predicted octanol–water partition coefficient (Wildman–Crippen LogP) is 5.60. The fourth-order valence-electron chi connectivity index (χ4n) is 10.8. The Balaban J connectivity index is 0.00000155. The van der Waals surface area contributed by atoms with Gasteiger partial charge in [-0.05, 0) is 142 Å². The Bertz CT molecular complexity index is 1770. The first-order valence-electron chi connectivity index (χ1n) is 25.6. The van der Waals surface area contributed by atoms with Gasteiger partial charge in [-0.1, -0.05) is 69.2 Å². The monoisotopic (exact) mass is 1040 g/mol. The fraction of sp³-hybridized carbons (Fsp3) is 0.882. The second-order valence-electron chi connectivity index (χ2n) is 23.7. The van der Waals surface area contributed by atoms with Crippen LogP contribution < -0.4 is 27.0 Å². The number of carbonyl (C=O) groups excluding carboxylic acids is 8. The SMILES string of the molecule is C.C.CC(C)C[C@H](N)C(=O)N[C@H]1CNC[C@@H]1CCCB(O)O.CC(C)C[C@H](NC(=O)OC(C)(C)C)C(=O)N[C@H]1CN(C(=O)OC(C)(C)C)[C@H](C)[C@@H]1CCCB1O[C@@H]2[C@@H]3C[C@H](C[C@]2(C)O1)C3(C)C.O=C=O.O=C=O. The molecule has 2 bridgehead atoms. The van der Waals surface area contributed by atoms with Crippen LogP contribution in [0.15, 0.2) is 0 Å². The van der Waals surface area contributed by atoms with Crippen LogP contribution in [0.5, 0.6) is 0 Å². The zero-order valence-corrected chi connectivity index (χ0v) is 45.1. The first kappa shape index (κ1) is 69.1. The summed E-state index contributed by atoms with van der Waals surface area (Å²) in [5.74, 6) is 1.77. The summed E-state index contributed by atoms with van der Waals surface area (Å²) < 4.78 is 24.3. The summed E-state index contributed by atoms with van der Waals surface area (Å²) in [6, 6.07) is -1.56. The van der Waals surface area contributed by atoms with E-state index >= 15 is 0 Å². The van der Waals surface area contributed by atoms with Crippen molar-refractivity contribution in [3.8, 4) is 0 Å². The lowest BCUT2D eigenvalue weighted by Crippen LogP contribution is -2.63. The minimum absolute atomic E-state index is 0. The van der Waals surface area contributed by atoms with E-state index in [4.69, 9.17) is 53.7 Å². The molecule has 3 aliphatic heterocycles. The lowest BCUT2D eigenvalue weighted by molar-refractivity contribution is -0.193. The summed E-state index contributed by atoms with van der Waals surface area (Å²) in [6.07, 6.45) is 7.42. The second kappa shape index (κ2) is 30.6. The maximum Gasteiger partial charge on any atom is 0.457 e. The van der Waals surface area contributed by atoms with E-state index in [9.17, 15) is 19.2 Å². The van der Waals surface area contributed by atoms with Crippen molar-refractivity contribution < 1.29 is 67.2 Å². The zero-order chi connectivity index (χ0) is 54.2. The normalized spacial score (nSPS) is 27.1. The van der Waals surface area contributed by atoms with Crippen molar-refractivity contribution in [2.45, 2.75) is 229 Å². The number of nitrogens with one attached hydrogen (secondary N) is 4. The molecule has 4 amide bonds. The third-order valence-corrected chi connectivity index (χ3v) is 14.3. The number of hydrogen-bond donors (Lipinski definition) is 7. The number of amides is 4. The van der Waals surface area contributed by atoms with Crippen molar-refractivity contribution in [2.75, 3.05) is 19.6 Å². The van der Waals surface area contributed by atoms with Crippen LogP contribution in [-0.4, -0.2) is 138 Å². The quantitative estimate of drug-likeness (QED) is 0.0873. The van der Waals surface area contributed by atoms with E-state index in [1.807, 2.05) is 55.4 Å². The molecule has 73 heavy (non-hydrogen) atoms. The van der Waals surface area contributed by atoms with Crippen LogP contribution in [0.25, 0.3) is 0 Å². The highest BCUT2D eigenvalue weighted by molar-refractivity contribution is 6.45. The molecular formula is C51H96B2N6O14. The number of hydrogen-bond acceptors (Lipinski definition) is 16. The van der Waals surface area contributed by atoms with Crippen LogP contribution in [0.3, 0.4) is 0 Å². The molecule has 20 nitrogen and oxygen atoms in total. The van der Waals surface area contributed by atoms with Crippen LogP contribution in [0.2, 0.25) is 12.6 Å². The second-order valence-corrected chi connectivity index (χ2v) is 23.7. The molecule has 3 aliphatic carbocycles. The Morgan fingerprint density at radius 2 is 1.42 bits per heavy atom. The molecule has 0 aromatic rings. The fourth-order valence-corrected chi connectivity index (χ4v) is 10.8. The molecule has 0 unspecified atom stereocenters. The van der Waals surface area contributed by atoms with Crippen LogP contribution in [0.1, 0.15) is 163 Å². The van der Waals surface area contributed by atoms with Crippen LogP contribution in [-0.2, 0) is 47.5 Å². The summed E-state index contributed by atoms with van der Waals surface area (Å²) in [5.41, 5.74) is 4.66. The maximum absolute atomic E-state index is 13.7. The highest BCUT2D eigenvalue weighted by Crippen LogP contribution is 2.64. The van der Waals surface area contributed by atoms with Gasteiger partial charge < -0.3 is 60.7 Å². The smallest absolute Gasteiger partial charge is 0.444 e. The average Bonchev–Trinajstić information content (AvgIpc) is 3.90. The first-order chi connectivity index (χ1) is 32.8. The molecule has 420 valence electrons. The third-order valence-electron chi connectivity index (χ3n) is 14.3. The number of likely N-dealkylation sites (tertiary alicyclic amines) is 1. The van der Waals surface area contributed by atoms with Crippen molar-refractivity contribution in [1.82, 2.24) is 26.2 Å². The Morgan fingerprint density at radius 1 is 0.863 bits per heavy atom. The zero-order valence-electron chi connectivity index (χ0n) is 45.1. The Hall–Kier alpha value is -3.87. The van der Waals surface area contributed by atoms with Gasteiger partial charge >= 0.3 is 38.7 Å². The first-order valence-corrected chi connectivity index (χ1v) is 25.6. The van der Waals surface area contributed by atoms with Crippen LogP contribution in [0, 0.1) is 40.9 Å². The molecule has 6 rings (SSSR count).